The van der Waals surface area contributed by atoms with E-state index in [-0.39, 0.29) is 0 Å². The Morgan fingerprint density at radius 3 is 2.29 bits per heavy atom. The summed E-state index contributed by atoms with van der Waals surface area (Å²) in [4.78, 5) is 17.9. The molecule has 0 aliphatic carbocycles. The number of aromatic nitrogens is 3. The lowest BCUT2D eigenvalue weighted by atomic mass is 9.87. The van der Waals surface area contributed by atoms with Crippen molar-refractivity contribution in [1.29, 1.82) is 0 Å². The molecule has 31 heavy (non-hydrogen) atoms. The number of ether oxygens (including phenoxy) is 2. The van der Waals surface area contributed by atoms with Gasteiger partial charge in [0, 0.05) is 24.8 Å². The second-order valence-corrected chi connectivity index (χ2v) is 8.66. The van der Waals surface area contributed by atoms with Gasteiger partial charge in [0.05, 0.1) is 0 Å². The topological polar surface area (TPSA) is 69.5 Å². The minimum Gasteiger partial charge on any atom is -0.465 e. The lowest BCUT2D eigenvalue weighted by Crippen LogP contribution is -2.46. The molecule has 164 valence electrons. The van der Waals surface area contributed by atoms with Gasteiger partial charge in [-0.3, -0.25) is 0 Å². The minimum absolute atomic E-state index is 0.452. The number of rotatable bonds is 8. The molecule has 0 radical (unpaired) electrons. The first kappa shape index (κ1) is 22.8. The molecule has 2 atom stereocenters. The lowest BCUT2D eigenvalue weighted by molar-refractivity contribution is -0.0832. The zero-order valence-corrected chi connectivity index (χ0v) is 19.7. The van der Waals surface area contributed by atoms with Gasteiger partial charge in [-0.05, 0) is 23.3 Å². The molecule has 0 spiro atoms. The summed E-state index contributed by atoms with van der Waals surface area (Å²) >= 11 is 3.55. The van der Waals surface area contributed by atoms with Crippen LogP contribution in [-0.4, -0.2) is 51.3 Å². The summed E-state index contributed by atoms with van der Waals surface area (Å²) < 4.78 is 13.8. The van der Waals surface area contributed by atoms with Gasteiger partial charge in [-0.15, -0.1) is 0 Å². The second-order valence-electron chi connectivity index (χ2n) is 8.10. The molecule has 0 aliphatic heterocycles. The molecule has 1 amide bonds. The fraction of sp³-hybridized carbons (Fsp3) is 0.348. The average molecular weight is 487 g/mol. The summed E-state index contributed by atoms with van der Waals surface area (Å²) in [5.41, 5.74) is 1.76. The molecule has 2 unspecified atom stereocenters. The van der Waals surface area contributed by atoms with Crippen LogP contribution in [0.2, 0.25) is 0 Å². The second kappa shape index (κ2) is 9.96. The van der Waals surface area contributed by atoms with Crippen molar-refractivity contribution < 1.29 is 14.3 Å². The Bertz CT molecular complexity index is 960. The van der Waals surface area contributed by atoms with E-state index in [0.717, 1.165) is 11.1 Å². The maximum absolute atomic E-state index is 12.4. The van der Waals surface area contributed by atoms with Crippen molar-refractivity contribution in [3.8, 4) is 16.9 Å². The molecule has 1 aromatic heterocycles. The van der Waals surface area contributed by atoms with Crippen LogP contribution in [0.1, 0.15) is 20.1 Å². The maximum Gasteiger partial charge on any atom is 0.409 e. The maximum atomic E-state index is 12.4. The van der Waals surface area contributed by atoms with Crippen LogP contribution in [0.15, 0.2) is 67.3 Å². The first-order chi connectivity index (χ1) is 14.8. The number of hydrogen-bond acceptors (Lipinski definition) is 5. The summed E-state index contributed by atoms with van der Waals surface area (Å²) in [7, 11) is 3.29. The molecule has 0 saturated heterocycles. The Morgan fingerprint density at radius 1 is 1.10 bits per heavy atom. The molecular weight excluding hydrogens is 460 g/mol. The van der Waals surface area contributed by atoms with Gasteiger partial charge in [-0.25, -0.2) is 14.5 Å². The number of nitrogens with zero attached hydrogens (tertiary/aromatic N) is 4. The Balaban J connectivity index is 1.92. The van der Waals surface area contributed by atoms with Crippen LogP contribution in [0.5, 0.6) is 5.75 Å². The third kappa shape index (κ3) is 5.64. The van der Waals surface area contributed by atoms with E-state index in [1.54, 1.807) is 25.1 Å². The normalized spacial score (nSPS) is 13.3. The van der Waals surface area contributed by atoms with Crippen molar-refractivity contribution >= 4 is 22.0 Å². The summed E-state index contributed by atoms with van der Waals surface area (Å²) in [6.07, 6.45) is 1.19. The number of carbonyl (C=O) groups is 1. The quantitative estimate of drug-likeness (QED) is 0.418. The van der Waals surface area contributed by atoms with E-state index in [4.69, 9.17) is 9.47 Å². The Hall–Kier alpha value is -2.87. The standard InChI is InChI=1S/C23H27BrN4O3/c1-23(2,14-24)20(31-22(29)27(3)4)21(28-16-25-15-26-28)30-19-12-10-18(11-13-19)17-8-6-5-7-9-17/h5-13,15-16,20-21H,14H2,1-4H3. The molecule has 2 aromatic carbocycles. The van der Waals surface area contributed by atoms with Crippen LogP contribution in [0.3, 0.4) is 0 Å². The van der Waals surface area contributed by atoms with E-state index in [1.807, 2.05) is 56.3 Å². The number of amides is 1. The molecule has 3 aromatic rings. The predicted octanol–water partition coefficient (Wildman–Crippen LogP) is 5.01. The van der Waals surface area contributed by atoms with E-state index in [2.05, 4.69) is 38.1 Å². The fourth-order valence-corrected chi connectivity index (χ4v) is 3.31. The van der Waals surface area contributed by atoms with Crippen molar-refractivity contribution in [3.05, 3.63) is 67.3 Å². The van der Waals surface area contributed by atoms with Gasteiger partial charge in [-0.2, -0.15) is 5.10 Å². The smallest absolute Gasteiger partial charge is 0.409 e. The Kier molecular flexibility index (Phi) is 7.33. The number of halogens is 1. The highest BCUT2D eigenvalue weighted by Gasteiger charge is 2.42. The van der Waals surface area contributed by atoms with Gasteiger partial charge in [-0.1, -0.05) is 72.2 Å². The van der Waals surface area contributed by atoms with Gasteiger partial charge in [0.1, 0.15) is 18.4 Å². The highest BCUT2D eigenvalue weighted by atomic mass is 79.9. The summed E-state index contributed by atoms with van der Waals surface area (Å²) in [5, 5.41) is 4.85. The van der Waals surface area contributed by atoms with Crippen molar-refractivity contribution in [2.75, 3.05) is 19.4 Å². The van der Waals surface area contributed by atoms with Gasteiger partial charge in [0.25, 0.3) is 0 Å². The van der Waals surface area contributed by atoms with Crippen molar-refractivity contribution in [1.82, 2.24) is 19.7 Å². The molecule has 0 saturated carbocycles. The van der Waals surface area contributed by atoms with Crippen LogP contribution in [0.4, 0.5) is 4.79 Å². The molecule has 0 fully saturated rings. The third-order valence-corrected chi connectivity index (χ3v) is 6.33. The fourth-order valence-electron chi connectivity index (χ4n) is 2.99. The van der Waals surface area contributed by atoms with Gasteiger partial charge in [0.15, 0.2) is 6.10 Å². The lowest BCUT2D eigenvalue weighted by Gasteiger charge is -2.37. The number of benzene rings is 2. The van der Waals surface area contributed by atoms with Gasteiger partial charge < -0.3 is 14.4 Å². The Labute approximate surface area is 191 Å². The predicted molar refractivity (Wildman–Crippen MR) is 123 cm³/mol. The van der Waals surface area contributed by atoms with Crippen LogP contribution >= 0.6 is 15.9 Å². The molecule has 0 N–H and O–H groups in total. The zero-order valence-electron chi connectivity index (χ0n) is 18.1. The summed E-state index contributed by atoms with van der Waals surface area (Å²) in [6.45, 7) is 4.00. The average Bonchev–Trinajstić information content (AvgIpc) is 3.31. The van der Waals surface area contributed by atoms with Crippen LogP contribution in [0, 0.1) is 5.41 Å². The SMILES string of the molecule is CN(C)C(=O)OC(C(Oc1ccc(-c2ccccc2)cc1)n1cncn1)C(C)(C)CBr. The van der Waals surface area contributed by atoms with E-state index >= 15 is 0 Å². The van der Waals surface area contributed by atoms with E-state index in [1.165, 1.54) is 11.2 Å². The number of hydrogen-bond donors (Lipinski definition) is 0. The van der Waals surface area contributed by atoms with Crippen LogP contribution in [0.25, 0.3) is 11.1 Å². The monoisotopic (exact) mass is 486 g/mol. The van der Waals surface area contributed by atoms with Crippen molar-refractivity contribution in [3.63, 3.8) is 0 Å². The molecule has 0 aliphatic rings. The first-order valence-corrected chi connectivity index (χ1v) is 11.0. The van der Waals surface area contributed by atoms with Crippen molar-refractivity contribution in [2.45, 2.75) is 26.2 Å². The van der Waals surface area contributed by atoms with Crippen molar-refractivity contribution in [2.24, 2.45) is 5.41 Å². The highest BCUT2D eigenvalue weighted by Crippen LogP contribution is 2.35. The molecular formula is C23H27BrN4O3. The first-order valence-electron chi connectivity index (χ1n) is 9.92. The summed E-state index contributed by atoms with van der Waals surface area (Å²) in [6, 6.07) is 17.9. The van der Waals surface area contributed by atoms with Gasteiger partial charge >= 0.3 is 6.09 Å². The molecule has 0 bridgehead atoms. The summed E-state index contributed by atoms with van der Waals surface area (Å²) in [5.74, 6) is 0.636. The molecule has 8 heteroatoms. The molecule has 1 heterocycles. The number of alkyl halides is 1. The highest BCUT2D eigenvalue weighted by molar-refractivity contribution is 9.09. The Morgan fingerprint density at radius 2 is 1.74 bits per heavy atom. The van der Waals surface area contributed by atoms with E-state index < -0.39 is 23.8 Å². The molecule has 3 rings (SSSR count). The largest absolute Gasteiger partial charge is 0.465 e. The third-order valence-electron chi connectivity index (χ3n) is 4.88. The molecule has 7 nitrogen and oxygen atoms in total. The number of carbonyl (C=O) groups excluding carboxylic acids is 1. The van der Waals surface area contributed by atoms with Gasteiger partial charge in [0.2, 0.25) is 6.23 Å². The van der Waals surface area contributed by atoms with E-state index in [0.29, 0.717) is 11.1 Å². The minimum atomic E-state index is -0.707. The van der Waals surface area contributed by atoms with E-state index in [9.17, 15) is 4.79 Å². The van der Waals surface area contributed by atoms with Crippen LogP contribution in [-0.2, 0) is 4.74 Å². The van der Waals surface area contributed by atoms with Crippen LogP contribution < -0.4 is 4.74 Å². The zero-order chi connectivity index (χ0) is 22.4.